The molecule has 0 saturated heterocycles. The lowest BCUT2D eigenvalue weighted by Crippen LogP contribution is -2.13. The van der Waals surface area contributed by atoms with Gasteiger partial charge in [-0.25, -0.2) is 4.98 Å². The molecule has 3 aromatic rings. The molecule has 1 aliphatic rings. The Hall–Kier alpha value is -2.15. The third-order valence-electron chi connectivity index (χ3n) is 4.91. The largest absolute Gasteiger partial charge is 0.436 e. The van der Waals surface area contributed by atoms with Crippen LogP contribution in [0.5, 0.6) is 11.6 Å². The first kappa shape index (κ1) is 20.1. The molecule has 7 heteroatoms. The summed E-state index contributed by atoms with van der Waals surface area (Å²) < 4.78 is 6.22. The normalized spacial score (nSPS) is 12.3. The lowest BCUT2D eigenvalue weighted by molar-refractivity contribution is 0.278. The Morgan fingerprint density at radius 1 is 1.21 bits per heavy atom. The molecule has 0 saturated carbocycles. The Morgan fingerprint density at radius 2 is 2.03 bits per heavy atom. The van der Waals surface area contributed by atoms with Gasteiger partial charge >= 0.3 is 0 Å². The number of fused-ring (bicyclic) bond motifs is 2. The van der Waals surface area contributed by atoms with Crippen LogP contribution in [0.25, 0.3) is 11.4 Å². The molecule has 1 aliphatic heterocycles. The number of aryl methyl sites for hydroxylation is 1. The zero-order valence-corrected chi connectivity index (χ0v) is 18.0. The fourth-order valence-electron chi connectivity index (χ4n) is 3.29. The van der Waals surface area contributed by atoms with E-state index in [-0.39, 0.29) is 6.61 Å². The van der Waals surface area contributed by atoms with E-state index >= 15 is 0 Å². The van der Waals surface area contributed by atoms with E-state index in [9.17, 15) is 5.11 Å². The van der Waals surface area contributed by atoms with Gasteiger partial charge in [-0.2, -0.15) is 4.98 Å². The van der Waals surface area contributed by atoms with Crippen LogP contribution in [0, 0.1) is 6.92 Å². The van der Waals surface area contributed by atoms with Crippen molar-refractivity contribution >= 4 is 23.4 Å². The zero-order valence-electron chi connectivity index (χ0n) is 16.4. The Kier molecular flexibility index (Phi) is 6.04. The summed E-state index contributed by atoms with van der Waals surface area (Å²) >= 11 is 8.12. The topological polar surface area (TPSA) is 68.1 Å². The second-order valence-electron chi connectivity index (χ2n) is 6.93. The Labute approximate surface area is 179 Å². The Bertz CT molecular complexity index is 1060. The molecule has 1 N–H and O–H groups in total. The van der Waals surface area contributed by atoms with E-state index in [0.717, 1.165) is 51.6 Å². The molecular formula is C22H22ClN3O2S. The van der Waals surface area contributed by atoms with Crippen LogP contribution < -0.4 is 4.74 Å². The molecule has 3 heterocycles. The number of pyridine rings is 1. The molecule has 0 atom stereocenters. The summed E-state index contributed by atoms with van der Waals surface area (Å²) in [5.74, 6) is 2.75. The third-order valence-corrected chi connectivity index (χ3v) is 6.34. The highest BCUT2D eigenvalue weighted by atomic mass is 35.5. The summed E-state index contributed by atoms with van der Waals surface area (Å²) in [4.78, 5) is 13.9. The van der Waals surface area contributed by atoms with Crippen LogP contribution in [0.4, 0.5) is 0 Å². The lowest BCUT2D eigenvalue weighted by atomic mass is 9.99. The number of aromatic nitrogens is 3. The average molecular weight is 428 g/mol. The molecule has 29 heavy (non-hydrogen) atoms. The fourth-order valence-corrected chi connectivity index (χ4v) is 4.62. The standard InChI is InChI=1S/C22H22ClN3O2S/c1-3-4-9-29-22-17-10-16-14(12-27)11-24-13(2)19(16)28-21(17)25-20(26-22)15-7-5-6-8-18(15)23/h5-8,11,27H,3-4,9-10,12H2,1-2H3. The van der Waals surface area contributed by atoms with E-state index in [2.05, 4.69) is 11.9 Å². The van der Waals surface area contributed by atoms with E-state index in [1.807, 2.05) is 31.2 Å². The van der Waals surface area contributed by atoms with Crippen LogP contribution in [0.1, 0.15) is 42.1 Å². The number of thioether (sulfide) groups is 1. The summed E-state index contributed by atoms with van der Waals surface area (Å²) in [5, 5.41) is 11.3. The average Bonchev–Trinajstić information content (AvgIpc) is 2.73. The monoisotopic (exact) mass is 427 g/mol. The predicted molar refractivity (Wildman–Crippen MR) is 116 cm³/mol. The van der Waals surface area contributed by atoms with Gasteiger partial charge in [0.1, 0.15) is 5.03 Å². The van der Waals surface area contributed by atoms with Crippen LogP contribution in [-0.2, 0) is 13.0 Å². The van der Waals surface area contributed by atoms with Crippen molar-refractivity contribution in [1.29, 1.82) is 0 Å². The van der Waals surface area contributed by atoms with E-state index in [1.165, 1.54) is 0 Å². The van der Waals surface area contributed by atoms with Crippen LogP contribution in [0.2, 0.25) is 5.02 Å². The van der Waals surface area contributed by atoms with Crippen molar-refractivity contribution in [2.24, 2.45) is 0 Å². The molecular weight excluding hydrogens is 406 g/mol. The van der Waals surface area contributed by atoms with Crippen molar-refractivity contribution in [3.63, 3.8) is 0 Å². The second-order valence-corrected chi connectivity index (χ2v) is 8.42. The fraction of sp³-hybridized carbons (Fsp3) is 0.318. The zero-order chi connectivity index (χ0) is 20.4. The summed E-state index contributed by atoms with van der Waals surface area (Å²) in [7, 11) is 0. The molecule has 0 unspecified atom stereocenters. The first-order valence-corrected chi connectivity index (χ1v) is 11.0. The molecule has 2 aromatic heterocycles. The van der Waals surface area contributed by atoms with Gasteiger partial charge in [0.15, 0.2) is 11.6 Å². The first-order chi connectivity index (χ1) is 14.1. The minimum atomic E-state index is -0.0782. The van der Waals surface area contributed by atoms with Crippen molar-refractivity contribution < 1.29 is 9.84 Å². The van der Waals surface area contributed by atoms with Gasteiger partial charge in [-0.1, -0.05) is 37.1 Å². The van der Waals surface area contributed by atoms with Crippen molar-refractivity contribution in [2.75, 3.05) is 5.75 Å². The van der Waals surface area contributed by atoms with Gasteiger partial charge in [-0.05, 0) is 31.2 Å². The van der Waals surface area contributed by atoms with Crippen molar-refractivity contribution in [1.82, 2.24) is 15.0 Å². The number of ether oxygens (including phenoxy) is 1. The maximum Gasteiger partial charge on any atom is 0.227 e. The van der Waals surface area contributed by atoms with Gasteiger partial charge in [0.25, 0.3) is 0 Å². The van der Waals surface area contributed by atoms with E-state index in [0.29, 0.717) is 28.9 Å². The lowest BCUT2D eigenvalue weighted by Gasteiger charge is -2.24. The van der Waals surface area contributed by atoms with E-state index in [1.54, 1.807) is 18.0 Å². The molecule has 0 radical (unpaired) electrons. The predicted octanol–water partition coefficient (Wildman–Crippen LogP) is 5.58. The molecule has 0 aliphatic carbocycles. The van der Waals surface area contributed by atoms with Crippen LogP contribution in [0.15, 0.2) is 35.5 Å². The number of unbranched alkanes of at least 4 members (excludes halogenated alkanes) is 1. The maximum absolute atomic E-state index is 9.75. The SMILES string of the molecule is CCCCSc1nc(-c2ccccc2Cl)nc2c1Cc1c(CO)cnc(C)c1O2. The van der Waals surface area contributed by atoms with E-state index < -0.39 is 0 Å². The van der Waals surface area contributed by atoms with Gasteiger partial charge in [-0.3, -0.25) is 4.98 Å². The Morgan fingerprint density at radius 3 is 2.79 bits per heavy atom. The molecule has 0 spiro atoms. The van der Waals surface area contributed by atoms with Gasteiger partial charge in [0.05, 0.1) is 22.9 Å². The first-order valence-electron chi connectivity index (χ1n) is 9.67. The van der Waals surface area contributed by atoms with Crippen LogP contribution >= 0.6 is 23.4 Å². The van der Waals surface area contributed by atoms with Gasteiger partial charge in [0.2, 0.25) is 5.88 Å². The third kappa shape index (κ3) is 3.97. The quantitative estimate of drug-likeness (QED) is 0.246. The number of nitrogens with zero attached hydrogens (tertiary/aromatic N) is 3. The summed E-state index contributed by atoms with van der Waals surface area (Å²) in [6.07, 6.45) is 4.55. The molecule has 150 valence electrons. The van der Waals surface area contributed by atoms with Crippen molar-refractivity contribution in [3.8, 4) is 23.0 Å². The van der Waals surface area contributed by atoms with Crippen LogP contribution in [-0.4, -0.2) is 25.8 Å². The van der Waals surface area contributed by atoms with Gasteiger partial charge in [0, 0.05) is 29.3 Å². The number of hydrogen-bond donors (Lipinski definition) is 1. The van der Waals surface area contributed by atoms with Crippen molar-refractivity contribution in [2.45, 2.75) is 44.7 Å². The summed E-state index contributed by atoms with van der Waals surface area (Å²) in [6, 6.07) is 7.56. The molecule has 0 fully saturated rings. The Balaban J connectivity index is 1.83. The molecule has 1 aromatic carbocycles. The molecule has 0 bridgehead atoms. The molecule has 0 amide bonds. The second kappa shape index (κ2) is 8.69. The number of benzene rings is 1. The number of aliphatic hydroxyl groups excluding tert-OH is 1. The number of aliphatic hydroxyl groups is 1. The molecule has 4 rings (SSSR count). The highest BCUT2D eigenvalue weighted by Crippen LogP contribution is 2.43. The van der Waals surface area contributed by atoms with Gasteiger partial charge in [-0.15, -0.1) is 11.8 Å². The summed E-state index contributed by atoms with van der Waals surface area (Å²) in [6.45, 7) is 4.00. The highest BCUT2D eigenvalue weighted by molar-refractivity contribution is 7.99. The van der Waals surface area contributed by atoms with Crippen LogP contribution in [0.3, 0.4) is 0 Å². The highest BCUT2D eigenvalue weighted by Gasteiger charge is 2.27. The van der Waals surface area contributed by atoms with Gasteiger partial charge < -0.3 is 9.84 Å². The smallest absolute Gasteiger partial charge is 0.227 e. The van der Waals surface area contributed by atoms with Crippen molar-refractivity contribution in [3.05, 3.63) is 57.9 Å². The van der Waals surface area contributed by atoms with E-state index in [4.69, 9.17) is 26.3 Å². The molecule has 5 nitrogen and oxygen atoms in total. The summed E-state index contributed by atoms with van der Waals surface area (Å²) in [5.41, 5.74) is 4.24. The maximum atomic E-state index is 9.75. The minimum Gasteiger partial charge on any atom is -0.436 e. The number of rotatable bonds is 6. The number of halogens is 1. The minimum absolute atomic E-state index is 0.0782. The number of hydrogen-bond acceptors (Lipinski definition) is 6.